The first-order valence-corrected chi connectivity index (χ1v) is 14.8. The van der Waals surface area contributed by atoms with Gasteiger partial charge in [0.15, 0.2) is 3.42 Å². The van der Waals surface area contributed by atoms with Crippen molar-refractivity contribution in [3.8, 4) is 0 Å². The van der Waals surface area contributed by atoms with Crippen LogP contribution in [0.4, 0.5) is 0 Å². The summed E-state index contributed by atoms with van der Waals surface area (Å²) in [6, 6.07) is 0. The molecule has 1 nitrogen and oxygen atoms in total. The first-order valence-electron chi connectivity index (χ1n) is 13.2. The van der Waals surface area contributed by atoms with Crippen LogP contribution in [0, 0.1) is 52.3 Å². The van der Waals surface area contributed by atoms with Gasteiger partial charge in [0.25, 0.3) is 0 Å². The number of alkyl halides is 2. The van der Waals surface area contributed by atoms with E-state index in [-0.39, 0.29) is 5.92 Å². The Morgan fingerprint density at radius 1 is 0.867 bits per heavy atom. The molecular weight excluding hydrogens is 500 g/mol. The SMILES string of the molecule is CC(CCC[C@@H](C)[C@H]1CC[C@H]2[C@@H]3CCC4CCCC[C@]4(C)[C@H]3CC[C@]12C)C(O)(Br)Br. The zero-order valence-electron chi connectivity index (χ0n) is 19.9. The maximum atomic E-state index is 10.1. The van der Waals surface area contributed by atoms with Crippen molar-refractivity contribution in [1.82, 2.24) is 0 Å². The monoisotopic (exact) mass is 544 g/mol. The molecule has 9 atom stereocenters. The molecule has 0 heterocycles. The van der Waals surface area contributed by atoms with Gasteiger partial charge >= 0.3 is 0 Å². The normalized spacial score (nSPS) is 45.9. The summed E-state index contributed by atoms with van der Waals surface area (Å²) in [5.74, 6) is 6.07. The van der Waals surface area contributed by atoms with Crippen molar-refractivity contribution in [2.75, 3.05) is 0 Å². The van der Waals surface area contributed by atoms with Crippen molar-refractivity contribution in [2.45, 2.75) is 115 Å². The van der Waals surface area contributed by atoms with Gasteiger partial charge in [0.05, 0.1) is 0 Å². The maximum Gasteiger partial charge on any atom is 0.177 e. The summed E-state index contributed by atoms with van der Waals surface area (Å²) in [5.41, 5.74) is 1.26. The predicted octanol–water partition coefficient (Wildman–Crippen LogP) is 8.91. The third-order valence-corrected chi connectivity index (χ3v) is 12.8. The maximum absolute atomic E-state index is 10.1. The van der Waals surface area contributed by atoms with Crippen molar-refractivity contribution >= 4 is 31.9 Å². The standard InChI is InChI=1S/C27H46Br2O/c1-18(8-7-9-19(2)27(28,29)30)22-13-14-23-21-12-11-20-10-5-6-16-25(20,3)24(21)15-17-26(22,23)4/h18-24,30H,5-17H2,1-4H3/t18-,19?,20?,21+,22-,23+,24+,25+,26-/m1/s1. The van der Waals surface area contributed by atoms with Crippen LogP contribution in [0.2, 0.25) is 0 Å². The van der Waals surface area contributed by atoms with Crippen LogP contribution < -0.4 is 0 Å². The van der Waals surface area contributed by atoms with Crippen LogP contribution in [0.3, 0.4) is 0 Å². The lowest BCUT2D eigenvalue weighted by Gasteiger charge is -2.61. The molecule has 0 aromatic rings. The Balaban J connectivity index is 1.40. The Kier molecular flexibility index (Phi) is 7.17. The quantitative estimate of drug-likeness (QED) is 0.330. The Morgan fingerprint density at radius 2 is 1.60 bits per heavy atom. The number of fused-ring (bicyclic) bond motifs is 5. The topological polar surface area (TPSA) is 20.2 Å². The van der Waals surface area contributed by atoms with E-state index in [1.165, 1.54) is 70.6 Å². The van der Waals surface area contributed by atoms with Crippen LogP contribution in [0.5, 0.6) is 0 Å². The fraction of sp³-hybridized carbons (Fsp3) is 1.00. The average molecular weight is 546 g/mol. The molecule has 0 amide bonds. The van der Waals surface area contributed by atoms with E-state index >= 15 is 0 Å². The molecule has 0 aliphatic heterocycles. The molecule has 0 bridgehead atoms. The van der Waals surface area contributed by atoms with Gasteiger partial charge in [-0.15, -0.1) is 0 Å². The van der Waals surface area contributed by atoms with Crippen LogP contribution in [-0.4, -0.2) is 8.53 Å². The average Bonchev–Trinajstić information content (AvgIpc) is 3.04. The van der Waals surface area contributed by atoms with E-state index in [4.69, 9.17) is 0 Å². The number of halogens is 2. The molecule has 0 aromatic heterocycles. The lowest BCUT2D eigenvalue weighted by Crippen LogP contribution is -2.53. The van der Waals surface area contributed by atoms with Gasteiger partial charge in [-0.05, 0) is 136 Å². The molecule has 0 spiro atoms. The third-order valence-electron chi connectivity index (χ3n) is 11.2. The zero-order valence-corrected chi connectivity index (χ0v) is 23.1. The molecule has 4 saturated carbocycles. The summed E-state index contributed by atoms with van der Waals surface area (Å²) in [7, 11) is 0. The van der Waals surface area contributed by atoms with E-state index in [0.29, 0.717) is 10.8 Å². The predicted molar refractivity (Wildman–Crippen MR) is 135 cm³/mol. The molecule has 3 heteroatoms. The molecule has 0 aromatic carbocycles. The fourth-order valence-corrected chi connectivity index (χ4v) is 9.85. The Hall–Kier alpha value is 0.920. The molecule has 0 saturated heterocycles. The molecule has 30 heavy (non-hydrogen) atoms. The minimum absolute atomic E-state index is 0.235. The van der Waals surface area contributed by atoms with Gasteiger partial charge in [0, 0.05) is 5.92 Å². The van der Waals surface area contributed by atoms with Crippen LogP contribution >= 0.6 is 31.9 Å². The van der Waals surface area contributed by atoms with E-state index in [1.807, 2.05) is 0 Å². The van der Waals surface area contributed by atoms with E-state index in [2.05, 4.69) is 59.6 Å². The summed E-state index contributed by atoms with van der Waals surface area (Å²) in [5, 5.41) is 10.1. The van der Waals surface area contributed by atoms with E-state index in [9.17, 15) is 5.11 Å². The highest BCUT2D eigenvalue weighted by Crippen LogP contribution is 2.68. The molecule has 4 aliphatic carbocycles. The zero-order chi connectivity index (χ0) is 21.7. The van der Waals surface area contributed by atoms with Crippen molar-refractivity contribution in [3.05, 3.63) is 0 Å². The van der Waals surface area contributed by atoms with E-state index in [1.54, 1.807) is 6.42 Å². The second-order valence-electron chi connectivity index (χ2n) is 12.5. The number of hydrogen-bond acceptors (Lipinski definition) is 1. The lowest BCUT2D eigenvalue weighted by molar-refractivity contribution is -0.114. The van der Waals surface area contributed by atoms with Gasteiger partial charge in [-0.3, -0.25) is 0 Å². The third kappa shape index (κ3) is 4.24. The smallest absolute Gasteiger partial charge is 0.177 e. The lowest BCUT2D eigenvalue weighted by atomic mass is 9.44. The van der Waals surface area contributed by atoms with Crippen molar-refractivity contribution in [1.29, 1.82) is 0 Å². The summed E-state index contributed by atoms with van der Waals surface area (Å²) in [4.78, 5) is 0. The highest BCUT2D eigenvalue weighted by molar-refractivity contribution is 9.25. The van der Waals surface area contributed by atoms with E-state index in [0.717, 1.165) is 41.9 Å². The molecular formula is C27H46Br2O. The first kappa shape index (κ1) is 24.1. The highest BCUT2D eigenvalue weighted by atomic mass is 79.9. The summed E-state index contributed by atoms with van der Waals surface area (Å²) in [6.45, 7) is 10.1. The summed E-state index contributed by atoms with van der Waals surface area (Å²) < 4.78 is -0.903. The Labute approximate surface area is 203 Å². The molecule has 2 unspecified atom stereocenters. The van der Waals surface area contributed by atoms with Crippen molar-refractivity contribution < 1.29 is 5.11 Å². The van der Waals surface area contributed by atoms with Crippen molar-refractivity contribution in [3.63, 3.8) is 0 Å². The number of rotatable bonds is 6. The molecule has 174 valence electrons. The van der Waals surface area contributed by atoms with E-state index < -0.39 is 3.42 Å². The van der Waals surface area contributed by atoms with Crippen LogP contribution in [0.25, 0.3) is 0 Å². The van der Waals surface area contributed by atoms with Gasteiger partial charge in [-0.25, -0.2) is 0 Å². The van der Waals surface area contributed by atoms with Crippen LogP contribution in [0.1, 0.15) is 111 Å². The Morgan fingerprint density at radius 3 is 2.33 bits per heavy atom. The first-order chi connectivity index (χ1) is 14.1. The van der Waals surface area contributed by atoms with Gasteiger partial charge in [0.2, 0.25) is 0 Å². The Bertz CT molecular complexity index is 600. The fourth-order valence-electron chi connectivity index (χ4n) is 9.39. The van der Waals surface area contributed by atoms with Crippen molar-refractivity contribution in [2.24, 2.45) is 52.3 Å². The molecule has 4 fully saturated rings. The highest BCUT2D eigenvalue weighted by Gasteiger charge is 2.60. The molecule has 0 radical (unpaired) electrons. The number of hydrogen-bond donors (Lipinski definition) is 1. The molecule has 4 rings (SSSR count). The largest absolute Gasteiger partial charge is 0.369 e. The second kappa shape index (κ2) is 8.94. The second-order valence-corrected chi connectivity index (χ2v) is 16.0. The molecule has 4 aliphatic rings. The van der Waals surface area contributed by atoms with Crippen LogP contribution in [-0.2, 0) is 0 Å². The van der Waals surface area contributed by atoms with Crippen LogP contribution in [0.15, 0.2) is 0 Å². The minimum atomic E-state index is -0.903. The summed E-state index contributed by atoms with van der Waals surface area (Å²) >= 11 is 6.73. The summed E-state index contributed by atoms with van der Waals surface area (Å²) in [6.07, 6.45) is 18.7. The number of aliphatic hydroxyl groups is 1. The van der Waals surface area contributed by atoms with Gasteiger partial charge in [-0.2, -0.15) is 0 Å². The van der Waals surface area contributed by atoms with Gasteiger partial charge < -0.3 is 5.11 Å². The van der Waals surface area contributed by atoms with Gasteiger partial charge in [0.1, 0.15) is 0 Å². The minimum Gasteiger partial charge on any atom is -0.369 e. The van der Waals surface area contributed by atoms with Gasteiger partial charge in [-0.1, -0.05) is 53.4 Å². The molecule has 1 N–H and O–H groups in total.